The minimum atomic E-state index is -1.82. The van der Waals surface area contributed by atoms with Crippen LogP contribution in [-0.2, 0) is 19.2 Å². The molecule has 1 heterocycles. The summed E-state index contributed by atoms with van der Waals surface area (Å²) < 4.78 is 11.8. The molecule has 1 aromatic carbocycles. The first-order valence-corrected chi connectivity index (χ1v) is 11.7. The van der Waals surface area contributed by atoms with Crippen molar-refractivity contribution in [1.82, 2.24) is 14.8 Å². The first-order valence-electron chi connectivity index (χ1n) is 11.7. The van der Waals surface area contributed by atoms with Crippen molar-refractivity contribution in [3.63, 3.8) is 0 Å². The number of carbonyl (C=O) groups is 5. The van der Waals surface area contributed by atoms with Crippen LogP contribution >= 0.6 is 0 Å². The average Bonchev–Trinajstić information content (AvgIpc) is 2.84. The lowest BCUT2D eigenvalue weighted by Gasteiger charge is -2.19. The fourth-order valence-corrected chi connectivity index (χ4v) is 3.02. The number of rotatable bonds is 10. The van der Waals surface area contributed by atoms with E-state index in [1.54, 1.807) is 30.5 Å². The van der Waals surface area contributed by atoms with Gasteiger partial charge in [0.2, 0.25) is 5.88 Å². The number of carboxylic acid groups (broad SMARTS) is 4. The number of hydrogen-bond acceptors (Lipinski definition) is 10. The van der Waals surface area contributed by atoms with E-state index >= 15 is 0 Å². The Morgan fingerprint density at radius 3 is 1.55 bits per heavy atom. The molecular formula is C26H35N3O11. The molecule has 2 atom stereocenters. The zero-order valence-corrected chi connectivity index (χ0v) is 23.1. The number of carboxylic acids is 4. The lowest BCUT2D eigenvalue weighted by Crippen LogP contribution is -2.28. The fraction of sp³-hybridized carbons (Fsp3) is 0.385. The monoisotopic (exact) mass is 565 g/mol. The Kier molecular flexibility index (Phi) is 15.8. The van der Waals surface area contributed by atoms with Crippen molar-refractivity contribution in [1.29, 1.82) is 0 Å². The van der Waals surface area contributed by atoms with E-state index in [4.69, 9.17) is 49.1 Å². The highest BCUT2D eigenvalue weighted by atomic mass is 16.5. The van der Waals surface area contributed by atoms with Crippen molar-refractivity contribution in [3.8, 4) is 11.6 Å². The van der Waals surface area contributed by atoms with Crippen molar-refractivity contribution < 1.29 is 53.9 Å². The van der Waals surface area contributed by atoms with E-state index in [0.717, 1.165) is 18.8 Å². The van der Waals surface area contributed by atoms with E-state index in [1.807, 2.05) is 59.1 Å². The Hall–Kier alpha value is -4.56. The number of nitrogens with zero attached hydrogens (tertiary/aromatic N) is 3. The Balaban J connectivity index is 0.00000106. The number of hydrogen-bond donors (Lipinski definition) is 4. The summed E-state index contributed by atoms with van der Waals surface area (Å²) in [6, 6.07) is 10.7. The van der Waals surface area contributed by atoms with Crippen LogP contribution in [0.4, 0.5) is 0 Å². The molecule has 0 aliphatic rings. The molecule has 14 nitrogen and oxygen atoms in total. The highest BCUT2D eigenvalue weighted by molar-refractivity contribution is 6.27. The third-order valence-corrected chi connectivity index (χ3v) is 4.39. The molecule has 0 aliphatic heterocycles. The molecule has 40 heavy (non-hydrogen) atoms. The summed E-state index contributed by atoms with van der Waals surface area (Å²) in [5, 5.41) is 29.6. The van der Waals surface area contributed by atoms with Crippen LogP contribution in [0.5, 0.6) is 11.6 Å². The van der Waals surface area contributed by atoms with E-state index in [2.05, 4.69) is 9.88 Å². The molecule has 0 spiro atoms. The lowest BCUT2D eigenvalue weighted by atomic mass is 10.0. The maximum Gasteiger partial charge on any atom is 0.414 e. The van der Waals surface area contributed by atoms with E-state index in [0.29, 0.717) is 17.0 Å². The smallest absolute Gasteiger partial charge is 0.414 e. The Morgan fingerprint density at radius 2 is 1.15 bits per heavy atom. The van der Waals surface area contributed by atoms with Crippen molar-refractivity contribution in [2.24, 2.45) is 0 Å². The zero-order chi connectivity index (χ0) is 31.0. The van der Waals surface area contributed by atoms with Gasteiger partial charge in [-0.3, -0.25) is 4.79 Å². The molecule has 0 bridgehead atoms. The molecule has 0 fully saturated rings. The van der Waals surface area contributed by atoms with Gasteiger partial charge in [0.15, 0.2) is 5.78 Å². The molecule has 4 N–H and O–H groups in total. The van der Waals surface area contributed by atoms with Crippen LogP contribution in [0.3, 0.4) is 0 Å². The third kappa shape index (κ3) is 15.0. The SMILES string of the molecule is CC(CN(C)C)Oc1ccc(C(=O)c2cccnc2OC(C)CN(C)C)cc1.O=C(O)C(=O)O.O=C(O)C(=O)O. The van der Waals surface area contributed by atoms with Crippen molar-refractivity contribution in [2.75, 3.05) is 41.3 Å². The van der Waals surface area contributed by atoms with Crippen LogP contribution in [-0.4, -0.2) is 118 Å². The standard InChI is InChI=1S/C22H31N3O3.2C2H2O4/c1-16(14-24(3)4)27-19-11-9-18(10-12-19)21(26)20-8-7-13-23-22(20)28-17(2)15-25(5)6;2*3-1(4)2(5)6/h7-13,16-17H,14-15H2,1-6H3;2*(H,3,4)(H,5,6). The van der Waals surface area contributed by atoms with Gasteiger partial charge >= 0.3 is 23.9 Å². The summed E-state index contributed by atoms with van der Waals surface area (Å²) in [6.45, 7) is 5.54. The normalized spacial score (nSPS) is 11.6. The van der Waals surface area contributed by atoms with Crippen LogP contribution in [0.1, 0.15) is 29.8 Å². The second-order valence-corrected chi connectivity index (χ2v) is 8.81. The van der Waals surface area contributed by atoms with Gasteiger partial charge in [0, 0.05) is 24.8 Å². The molecule has 14 heteroatoms. The van der Waals surface area contributed by atoms with Gasteiger partial charge in [0.1, 0.15) is 18.0 Å². The fourth-order valence-electron chi connectivity index (χ4n) is 3.02. The lowest BCUT2D eigenvalue weighted by molar-refractivity contribution is -0.159. The highest BCUT2D eigenvalue weighted by Crippen LogP contribution is 2.22. The van der Waals surface area contributed by atoms with Crippen LogP contribution in [0.15, 0.2) is 42.6 Å². The second kappa shape index (κ2) is 17.9. The van der Waals surface area contributed by atoms with Crippen LogP contribution in [0.25, 0.3) is 0 Å². The van der Waals surface area contributed by atoms with Crippen molar-refractivity contribution in [3.05, 3.63) is 53.7 Å². The predicted molar refractivity (Wildman–Crippen MR) is 142 cm³/mol. The van der Waals surface area contributed by atoms with Crippen molar-refractivity contribution in [2.45, 2.75) is 26.1 Å². The van der Waals surface area contributed by atoms with E-state index in [9.17, 15) is 4.79 Å². The topological polar surface area (TPSA) is 204 Å². The Bertz CT molecular complexity index is 1090. The predicted octanol–water partition coefficient (Wildman–Crippen LogP) is 1.28. The summed E-state index contributed by atoms with van der Waals surface area (Å²) in [5.41, 5.74) is 1.04. The summed E-state index contributed by atoms with van der Waals surface area (Å²) in [5.74, 6) is -6.31. The summed E-state index contributed by atoms with van der Waals surface area (Å²) in [4.78, 5) is 57.7. The third-order valence-electron chi connectivity index (χ3n) is 4.39. The minimum absolute atomic E-state index is 0.0630. The Morgan fingerprint density at radius 1 is 0.725 bits per heavy atom. The van der Waals surface area contributed by atoms with E-state index in [-0.39, 0.29) is 18.0 Å². The summed E-state index contributed by atoms with van der Waals surface area (Å²) in [6.07, 6.45) is 1.62. The van der Waals surface area contributed by atoms with Gasteiger partial charge in [-0.25, -0.2) is 24.2 Å². The van der Waals surface area contributed by atoms with Gasteiger partial charge < -0.3 is 39.7 Å². The molecule has 0 radical (unpaired) electrons. The van der Waals surface area contributed by atoms with E-state index < -0.39 is 23.9 Å². The molecule has 0 aliphatic carbocycles. The second-order valence-electron chi connectivity index (χ2n) is 8.81. The first-order chi connectivity index (χ1) is 18.5. The number of benzene rings is 1. The number of ether oxygens (including phenoxy) is 2. The van der Waals surface area contributed by atoms with Gasteiger partial charge in [-0.05, 0) is 78.4 Å². The van der Waals surface area contributed by atoms with Crippen LogP contribution < -0.4 is 9.47 Å². The number of pyridine rings is 1. The van der Waals surface area contributed by atoms with Gasteiger partial charge in [-0.15, -0.1) is 0 Å². The number of aromatic nitrogens is 1. The summed E-state index contributed by atoms with van der Waals surface area (Å²) in [7, 11) is 7.98. The number of carbonyl (C=O) groups excluding carboxylic acids is 1. The quantitative estimate of drug-likeness (QED) is 0.237. The molecular weight excluding hydrogens is 530 g/mol. The van der Waals surface area contributed by atoms with Crippen LogP contribution in [0.2, 0.25) is 0 Å². The van der Waals surface area contributed by atoms with E-state index in [1.165, 1.54) is 0 Å². The van der Waals surface area contributed by atoms with Gasteiger partial charge in [-0.2, -0.15) is 0 Å². The largest absolute Gasteiger partial charge is 0.489 e. The maximum absolute atomic E-state index is 13.0. The average molecular weight is 566 g/mol. The van der Waals surface area contributed by atoms with Crippen LogP contribution in [0, 0.1) is 0 Å². The summed E-state index contributed by atoms with van der Waals surface area (Å²) >= 11 is 0. The molecule has 2 aromatic rings. The van der Waals surface area contributed by atoms with Crippen molar-refractivity contribution >= 4 is 29.7 Å². The molecule has 1 aromatic heterocycles. The molecule has 2 unspecified atom stereocenters. The zero-order valence-electron chi connectivity index (χ0n) is 23.1. The number of ketones is 1. The van der Waals surface area contributed by atoms with Gasteiger partial charge in [0.05, 0.1) is 5.56 Å². The Labute approximate surface area is 231 Å². The molecule has 0 saturated heterocycles. The molecule has 2 rings (SSSR count). The number of aliphatic carboxylic acids is 4. The first kappa shape index (κ1) is 35.4. The molecule has 0 saturated carbocycles. The van der Waals surface area contributed by atoms with Gasteiger partial charge in [0.25, 0.3) is 0 Å². The molecule has 220 valence electrons. The maximum atomic E-state index is 13.0. The molecule has 0 amide bonds. The highest BCUT2D eigenvalue weighted by Gasteiger charge is 2.18. The minimum Gasteiger partial charge on any atom is -0.489 e. The van der Waals surface area contributed by atoms with Gasteiger partial charge in [-0.1, -0.05) is 0 Å². The number of likely N-dealkylation sites (N-methyl/N-ethyl adjacent to an activating group) is 2.